The maximum Gasteiger partial charge on any atom is 0.0688 e. The van der Waals surface area contributed by atoms with Crippen LogP contribution in [0.25, 0.3) is 0 Å². The zero-order chi connectivity index (χ0) is 30.0. The van der Waals surface area contributed by atoms with Crippen molar-refractivity contribution in [3.63, 3.8) is 0 Å². The van der Waals surface area contributed by atoms with Crippen LogP contribution in [0.5, 0.6) is 0 Å². The Hall–Kier alpha value is -3.16. The second-order valence-electron chi connectivity index (χ2n) is 11.5. The molecule has 0 radical (unpaired) electrons. The number of rotatable bonds is 14. The maximum atomic E-state index is 10.8. The Bertz CT molecular complexity index is 1150. The zero-order valence-electron chi connectivity index (χ0n) is 26.5. The highest BCUT2D eigenvalue weighted by Crippen LogP contribution is 2.44. The van der Waals surface area contributed by atoms with Crippen LogP contribution in [0.3, 0.4) is 0 Å². The molecule has 1 rings (SSSR count). The van der Waals surface area contributed by atoms with Crippen LogP contribution in [0, 0.1) is 11.8 Å². The summed E-state index contributed by atoms with van der Waals surface area (Å²) in [6, 6.07) is 0. The first-order valence-corrected chi connectivity index (χ1v) is 14.7. The fourth-order valence-corrected chi connectivity index (χ4v) is 4.76. The van der Waals surface area contributed by atoms with Gasteiger partial charge < -0.3 is 5.11 Å². The zero-order valence-corrected chi connectivity index (χ0v) is 26.5. The molecule has 0 amide bonds. The van der Waals surface area contributed by atoms with Gasteiger partial charge in [-0.2, -0.15) is 0 Å². The Labute approximate surface area is 246 Å². The minimum atomic E-state index is -0.653. The van der Waals surface area contributed by atoms with E-state index in [9.17, 15) is 5.11 Å². The fourth-order valence-electron chi connectivity index (χ4n) is 4.76. The van der Waals surface area contributed by atoms with Crippen LogP contribution < -0.4 is 0 Å². The molecule has 1 heteroatoms. The minimum Gasteiger partial charge on any atom is -0.390 e. The molecule has 0 aromatic rings. The summed E-state index contributed by atoms with van der Waals surface area (Å²) in [5, 5.41) is 10.8. The van der Waals surface area contributed by atoms with Gasteiger partial charge in [0.1, 0.15) is 0 Å². The van der Waals surface area contributed by atoms with E-state index in [2.05, 4.69) is 158 Å². The van der Waals surface area contributed by atoms with Gasteiger partial charge in [0.05, 0.1) is 5.60 Å². The summed E-state index contributed by atoms with van der Waals surface area (Å²) in [5.74, 6) is 0.485. The van der Waals surface area contributed by atoms with E-state index >= 15 is 0 Å². The van der Waals surface area contributed by atoms with Crippen molar-refractivity contribution in [3.8, 4) is 0 Å². The van der Waals surface area contributed by atoms with Crippen LogP contribution in [0.2, 0.25) is 0 Å². The Morgan fingerprint density at radius 2 is 1.38 bits per heavy atom. The molecule has 1 aliphatic rings. The van der Waals surface area contributed by atoms with Gasteiger partial charge in [-0.05, 0) is 87.0 Å². The molecule has 0 aromatic carbocycles. The lowest BCUT2D eigenvalue weighted by Gasteiger charge is -2.27. The molecular formula is C39H54O. The lowest BCUT2D eigenvalue weighted by Crippen LogP contribution is -2.30. The van der Waals surface area contributed by atoms with Crippen molar-refractivity contribution in [2.45, 2.75) is 86.7 Å². The van der Waals surface area contributed by atoms with Crippen LogP contribution >= 0.6 is 0 Å². The maximum absolute atomic E-state index is 10.8. The van der Waals surface area contributed by atoms with Gasteiger partial charge in [-0.25, -0.2) is 0 Å². The van der Waals surface area contributed by atoms with Gasteiger partial charge in [0.2, 0.25) is 0 Å². The van der Waals surface area contributed by atoms with Crippen molar-refractivity contribution < 1.29 is 5.11 Å². The summed E-state index contributed by atoms with van der Waals surface area (Å²) in [6.45, 7) is 20.8. The van der Waals surface area contributed by atoms with E-state index in [0.717, 1.165) is 31.3 Å². The van der Waals surface area contributed by atoms with Gasteiger partial charge in [-0.1, -0.05) is 143 Å². The first-order chi connectivity index (χ1) is 19.0. The highest BCUT2D eigenvalue weighted by molar-refractivity contribution is 5.33. The molecule has 0 aromatic heterocycles. The predicted molar refractivity (Wildman–Crippen MR) is 180 cm³/mol. The summed E-state index contributed by atoms with van der Waals surface area (Å²) in [7, 11) is 0. The highest BCUT2D eigenvalue weighted by atomic mass is 16.3. The number of hydrogen-bond acceptors (Lipinski definition) is 1. The molecule has 1 nitrogen and oxygen atoms in total. The molecule has 1 saturated carbocycles. The summed E-state index contributed by atoms with van der Waals surface area (Å²) in [4.78, 5) is 0. The van der Waals surface area contributed by atoms with E-state index in [0.29, 0.717) is 5.92 Å². The smallest absolute Gasteiger partial charge is 0.0688 e. The molecule has 0 saturated heterocycles. The molecule has 0 spiro atoms. The minimum absolute atomic E-state index is 0.127. The molecule has 0 heterocycles. The normalized spacial score (nSPS) is 24.5. The molecule has 1 fully saturated rings. The Balaban J connectivity index is 2.60. The van der Waals surface area contributed by atoms with E-state index in [-0.39, 0.29) is 5.92 Å². The quantitative estimate of drug-likeness (QED) is 0.172. The third-order valence-electron chi connectivity index (χ3n) is 7.22. The first-order valence-electron chi connectivity index (χ1n) is 14.7. The predicted octanol–water partition coefficient (Wildman–Crippen LogP) is 11.2. The van der Waals surface area contributed by atoms with E-state index in [1.54, 1.807) is 0 Å². The summed E-state index contributed by atoms with van der Waals surface area (Å²) in [6.07, 6.45) is 40.2. The second kappa shape index (κ2) is 19.0. The summed E-state index contributed by atoms with van der Waals surface area (Å²) in [5.41, 5.74) is 6.69. The standard InChI is InChI=1S/C39H54O/c1-10-11-13-19-32(4)20-14-12-15-22-35(7)30-36(8)23-17-16-21-33(5)24-18-25-34(6)26-27-38-37(31(2)3)28-29-39(38,9)40/h10-12,14-18,20-27,30,37-38,40H,2,13,19,28-29H2,1,3-9H3/b11-10+,14-12+,17-16+,22-15+,24-18+,27-26+,32-20+,33-21+,34-25+,35-30+,36-23+/t37-,38-,39-/m0/s1. The monoisotopic (exact) mass is 538 g/mol. The van der Waals surface area contributed by atoms with E-state index < -0.39 is 5.60 Å². The molecule has 3 atom stereocenters. The van der Waals surface area contributed by atoms with Crippen LogP contribution in [0.1, 0.15) is 81.1 Å². The lowest BCUT2D eigenvalue weighted by atomic mass is 9.83. The van der Waals surface area contributed by atoms with Gasteiger partial charge in [0.25, 0.3) is 0 Å². The van der Waals surface area contributed by atoms with Crippen molar-refractivity contribution >= 4 is 0 Å². The topological polar surface area (TPSA) is 20.2 Å². The molecule has 1 aliphatic carbocycles. The Kier molecular flexibility index (Phi) is 16.6. The van der Waals surface area contributed by atoms with Crippen molar-refractivity contribution in [2.75, 3.05) is 0 Å². The molecular weight excluding hydrogens is 484 g/mol. The summed E-state index contributed by atoms with van der Waals surface area (Å²) < 4.78 is 0. The first kappa shape index (κ1) is 34.9. The average molecular weight is 539 g/mol. The molecule has 216 valence electrons. The second-order valence-corrected chi connectivity index (χ2v) is 11.5. The van der Waals surface area contributed by atoms with Crippen molar-refractivity contribution in [3.05, 3.63) is 143 Å². The molecule has 0 aliphatic heterocycles. The third-order valence-corrected chi connectivity index (χ3v) is 7.22. The SMILES string of the molecule is C=C(C)[C@@H]1CC[C@](C)(O)[C@H]1/C=C/C(C)=C/C=C/C(C)=C/C=C/C=C(C)/C=C(C)/C=C/C=C/C=C(\C)CC/C=C/C. The van der Waals surface area contributed by atoms with Crippen LogP contribution in [-0.2, 0) is 0 Å². The third kappa shape index (κ3) is 14.8. The Morgan fingerprint density at radius 3 is 2.05 bits per heavy atom. The van der Waals surface area contributed by atoms with Crippen molar-refractivity contribution in [1.29, 1.82) is 0 Å². The highest BCUT2D eigenvalue weighted by Gasteiger charge is 2.42. The van der Waals surface area contributed by atoms with Crippen LogP contribution in [-0.4, -0.2) is 10.7 Å². The van der Waals surface area contributed by atoms with Gasteiger partial charge in [0, 0.05) is 5.92 Å². The van der Waals surface area contributed by atoms with Gasteiger partial charge >= 0.3 is 0 Å². The number of aliphatic hydroxyl groups is 1. The van der Waals surface area contributed by atoms with E-state index in [1.807, 2.05) is 6.92 Å². The van der Waals surface area contributed by atoms with Crippen LogP contribution in [0.4, 0.5) is 0 Å². The average Bonchev–Trinajstić information content (AvgIpc) is 3.19. The van der Waals surface area contributed by atoms with Crippen molar-refractivity contribution in [2.24, 2.45) is 11.8 Å². The summed E-state index contributed by atoms with van der Waals surface area (Å²) >= 11 is 0. The van der Waals surface area contributed by atoms with Gasteiger partial charge in [-0.15, -0.1) is 0 Å². The van der Waals surface area contributed by atoms with Crippen molar-refractivity contribution in [1.82, 2.24) is 0 Å². The fraction of sp³-hybridized carbons (Fsp3) is 0.385. The lowest BCUT2D eigenvalue weighted by molar-refractivity contribution is 0.0331. The van der Waals surface area contributed by atoms with Gasteiger partial charge in [-0.3, -0.25) is 0 Å². The largest absolute Gasteiger partial charge is 0.390 e. The number of allylic oxidation sites excluding steroid dienone is 22. The molecule has 1 N–H and O–H groups in total. The number of hydrogen-bond donors (Lipinski definition) is 1. The van der Waals surface area contributed by atoms with E-state index in [1.165, 1.54) is 27.9 Å². The van der Waals surface area contributed by atoms with Crippen LogP contribution in [0.15, 0.2) is 143 Å². The van der Waals surface area contributed by atoms with E-state index in [4.69, 9.17) is 0 Å². The molecule has 40 heavy (non-hydrogen) atoms. The molecule has 0 bridgehead atoms. The van der Waals surface area contributed by atoms with Gasteiger partial charge in [0.15, 0.2) is 0 Å². The molecule has 0 unspecified atom stereocenters. The Morgan fingerprint density at radius 1 is 0.775 bits per heavy atom.